The summed E-state index contributed by atoms with van der Waals surface area (Å²) in [6, 6.07) is 1.34. The standard InChI is InChI=1S/C14H21NO4S2/c1-3-6-11-7-4-5-8-15(11)21(18,19)13-9-12(14(16)17)20-10(13)2/h9,11H,3-8H2,1-2H3,(H,16,17). The fraction of sp³-hybridized carbons (Fsp3) is 0.643. The molecular formula is C14H21NO4S2. The van der Waals surface area contributed by atoms with Gasteiger partial charge in [-0.25, -0.2) is 13.2 Å². The van der Waals surface area contributed by atoms with E-state index in [1.54, 1.807) is 11.2 Å². The van der Waals surface area contributed by atoms with Gasteiger partial charge in [0.15, 0.2) is 0 Å². The lowest BCUT2D eigenvalue weighted by Gasteiger charge is -2.34. The Kier molecular flexibility index (Phi) is 5.06. The van der Waals surface area contributed by atoms with Crippen LogP contribution in [0.3, 0.4) is 0 Å². The zero-order valence-corrected chi connectivity index (χ0v) is 14.0. The third-order valence-electron chi connectivity index (χ3n) is 3.86. The van der Waals surface area contributed by atoms with Crippen molar-refractivity contribution in [3.63, 3.8) is 0 Å². The lowest BCUT2D eigenvalue weighted by Crippen LogP contribution is -2.43. The zero-order chi connectivity index (χ0) is 15.6. The van der Waals surface area contributed by atoms with Crippen molar-refractivity contribution in [2.24, 2.45) is 0 Å². The fourth-order valence-corrected chi connectivity index (χ4v) is 5.99. The molecule has 0 bridgehead atoms. The van der Waals surface area contributed by atoms with Crippen LogP contribution in [-0.2, 0) is 10.0 Å². The van der Waals surface area contributed by atoms with Gasteiger partial charge < -0.3 is 5.11 Å². The van der Waals surface area contributed by atoms with Gasteiger partial charge in [0.05, 0.1) is 4.90 Å². The third-order valence-corrected chi connectivity index (χ3v) is 7.11. The first-order valence-corrected chi connectivity index (χ1v) is 9.49. The van der Waals surface area contributed by atoms with Gasteiger partial charge in [0.2, 0.25) is 10.0 Å². The van der Waals surface area contributed by atoms with Crippen molar-refractivity contribution in [1.29, 1.82) is 0 Å². The van der Waals surface area contributed by atoms with E-state index in [-0.39, 0.29) is 15.8 Å². The maximum atomic E-state index is 12.9. The molecule has 1 fully saturated rings. The molecule has 2 rings (SSSR count). The van der Waals surface area contributed by atoms with Crippen LogP contribution < -0.4 is 0 Å². The molecule has 0 amide bonds. The normalized spacial score (nSPS) is 20.6. The molecule has 21 heavy (non-hydrogen) atoms. The highest BCUT2D eigenvalue weighted by Crippen LogP contribution is 2.32. The van der Waals surface area contributed by atoms with Gasteiger partial charge in [-0.1, -0.05) is 19.8 Å². The highest BCUT2D eigenvalue weighted by molar-refractivity contribution is 7.89. The molecule has 0 radical (unpaired) electrons. The quantitative estimate of drug-likeness (QED) is 0.899. The van der Waals surface area contributed by atoms with Crippen LogP contribution in [0.2, 0.25) is 0 Å². The van der Waals surface area contributed by atoms with Gasteiger partial charge >= 0.3 is 5.97 Å². The third kappa shape index (κ3) is 3.30. The average molecular weight is 331 g/mol. The second kappa shape index (κ2) is 6.46. The lowest BCUT2D eigenvalue weighted by atomic mass is 10.0. The van der Waals surface area contributed by atoms with E-state index in [0.29, 0.717) is 11.4 Å². The average Bonchev–Trinajstić information content (AvgIpc) is 2.83. The Balaban J connectivity index is 2.38. The number of aromatic carboxylic acids is 1. The van der Waals surface area contributed by atoms with Crippen molar-refractivity contribution in [3.05, 3.63) is 15.8 Å². The Hall–Kier alpha value is -0.920. The topological polar surface area (TPSA) is 74.7 Å². The van der Waals surface area contributed by atoms with Crippen LogP contribution >= 0.6 is 11.3 Å². The number of nitrogens with zero attached hydrogens (tertiary/aromatic N) is 1. The first-order valence-electron chi connectivity index (χ1n) is 7.23. The second-order valence-corrected chi connectivity index (χ2v) is 8.51. The van der Waals surface area contributed by atoms with E-state index in [0.717, 1.165) is 43.4 Å². The maximum absolute atomic E-state index is 12.9. The number of thiophene rings is 1. The molecule has 1 N–H and O–H groups in total. The summed E-state index contributed by atoms with van der Waals surface area (Å²) in [5, 5.41) is 9.04. The van der Waals surface area contributed by atoms with Crippen LogP contribution in [0.5, 0.6) is 0 Å². The second-order valence-electron chi connectivity index (χ2n) is 5.39. The van der Waals surface area contributed by atoms with Gasteiger partial charge in [-0.3, -0.25) is 0 Å². The largest absolute Gasteiger partial charge is 0.477 e. The molecule has 1 aliphatic heterocycles. The fourth-order valence-electron chi connectivity index (χ4n) is 2.87. The van der Waals surface area contributed by atoms with E-state index >= 15 is 0 Å². The van der Waals surface area contributed by atoms with Crippen molar-refractivity contribution in [2.75, 3.05) is 6.54 Å². The Labute approximate surface area is 129 Å². The summed E-state index contributed by atoms with van der Waals surface area (Å²) < 4.78 is 27.3. The predicted octanol–water partition coefficient (Wildman–Crippen LogP) is 3.10. The molecule has 1 saturated heterocycles. The number of carbonyl (C=O) groups is 1. The molecule has 0 saturated carbocycles. The first kappa shape index (κ1) is 16.5. The first-order chi connectivity index (χ1) is 9.87. The lowest BCUT2D eigenvalue weighted by molar-refractivity contribution is 0.0702. The van der Waals surface area contributed by atoms with E-state index < -0.39 is 16.0 Å². The van der Waals surface area contributed by atoms with Gasteiger partial charge in [-0.2, -0.15) is 4.31 Å². The van der Waals surface area contributed by atoms with Crippen molar-refractivity contribution in [1.82, 2.24) is 4.31 Å². The van der Waals surface area contributed by atoms with Crippen LogP contribution in [0.1, 0.15) is 53.6 Å². The maximum Gasteiger partial charge on any atom is 0.345 e. The number of sulfonamides is 1. The Bertz CT molecular complexity index is 619. The van der Waals surface area contributed by atoms with Crippen LogP contribution in [-0.4, -0.2) is 36.4 Å². The highest BCUT2D eigenvalue weighted by atomic mass is 32.2. The summed E-state index contributed by atoms with van der Waals surface area (Å²) in [7, 11) is -3.60. The summed E-state index contributed by atoms with van der Waals surface area (Å²) in [6.07, 6.45) is 4.62. The SMILES string of the molecule is CCCC1CCCCN1S(=O)(=O)c1cc(C(=O)O)sc1C. The number of rotatable bonds is 5. The molecule has 0 aliphatic carbocycles. The number of hydrogen-bond acceptors (Lipinski definition) is 4. The van der Waals surface area contributed by atoms with Crippen LogP contribution in [0.4, 0.5) is 0 Å². The monoisotopic (exact) mass is 331 g/mol. The summed E-state index contributed by atoms with van der Waals surface area (Å²) in [6.45, 7) is 4.26. The van der Waals surface area contributed by atoms with Crippen LogP contribution in [0, 0.1) is 6.92 Å². The number of hydrogen-bond donors (Lipinski definition) is 1. The van der Waals surface area contributed by atoms with Gasteiger partial charge in [0, 0.05) is 17.5 Å². The van der Waals surface area contributed by atoms with E-state index in [1.807, 2.05) is 0 Å². The Morgan fingerprint density at radius 2 is 2.19 bits per heavy atom. The highest BCUT2D eigenvalue weighted by Gasteiger charge is 2.35. The minimum Gasteiger partial charge on any atom is -0.477 e. The van der Waals surface area contributed by atoms with E-state index in [2.05, 4.69) is 6.92 Å². The smallest absolute Gasteiger partial charge is 0.345 e. The van der Waals surface area contributed by atoms with Crippen LogP contribution in [0.25, 0.3) is 0 Å². The van der Waals surface area contributed by atoms with Gasteiger partial charge in [0.1, 0.15) is 4.88 Å². The number of piperidine rings is 1. The van der Waals surface area contributed by atoms with Crippen molar-refractivity contribution >= 4 is 27.3 Å². The Morgan fingerprint density at radius 1 is 1.48 bits per heavy atom. The van der Waals surface area contributed by atoms with Crippen LogP contribution in [0.15, 0.2) is 11.0 Å². The van der Waals surface area contributed by atoms with Gasteiger partial charge in [0.25, 0.3) is 0 Å². The molecule has 0 spiro atoms. The molecule has 0 aromatic carbocycles. The number of carboxylic acid groups (broad SMARTS) is 1. The Morgan fingerprint density at radius 3 is 2.76 bits per heavy atom. The minimum atomic E-state index is -3.60. The zero-order valence-electron chi connectivity index (χ0n) is 12.3. The molecule has 7 heteroatoms. The molecular weight excluding hydrogens is 310 g/mol. The molecule has 1 aromatic heterocycles. The summed E-state index contributed by atoms with van der Waals surface area (Å²) in [5.41, 5.74) is 0. The molecule has 1 aliphatic rings. The summed E-state index contributed by atoms with van der Waals surface area (Å²) in [4.78, 5) is 11.8. The molecule has 118 valence electrons. The van der Waals surface area contributed by atoms with Crippen molar-refractivity contribution < 1.29 is 18.3 Å². The summed E-state index contributed by atoms with van der Waals surface area (Å²) in [5.74, 6) is -1.08. The molecule has 2 heterocycles. The van der Waals surface area contributed by atoms with Crippen molar-refractivity contribution in [3.8, 4) is 0 Å². The van der Waals surface area contributed by atoms with Gasteiger partial charge in [-0.15, -0.1) is 11.3 Å². The van der Waals surface area contributed by atoms with Crippen molar-refractivity contribution in [2.45, 2.75) is 56.9 Å². The molecule has 1 aromatic rings. The summed E-state index contributed by atoms with van der Waals surface area (Å²) >= 11 is 1.02. The predicted molar refractivity (Wildman–Crippen MR) is 82.5 cm³/mol. The minimum absolute atomic E-state index is 0.0429. The number of aryl methyl sites for hydroxylation is 1. The molecule has 1 unspecified atom stereocenters. The molecule has 5 nitrogen and oxygen atoms in total. The number of carboxylic acids is 1. The van der Waals surface area contributed by atoms with E-state index in [1.165, 1.54) is 6.07 Å². The van der Waals surface area contributed by atoms with Gasteiger partial charge in [-0.05, 0) is 32.3 Å². The molecule has 1 atom stereocenters. The van der Waals surface area contributed by atoms with E-state index in [4.69, 9.17) is 5.11 Å². The van der Waals surface area contributed by atoms with E-state index in [9.17, 15) is 13.2 Å².